The fraction of sp³-hybridized carbons (Fsp3) is 1.00. The minimum Gasteiger partial charge on any atom is -0.375 e. The molecule has 0 aromatic heterocycles. The molecule has 0 spiro atoms. The summed E-state index contributed by atoms with van der Waals surface area (Å²) in [5.41, 5.74) is 6.01. The summed E-state index contributed by atoms with van der Waals surface area (Å²) in [6.45, 7) is 5.29. The van der Waals surface area contributed by atoms with Crippen LogP contribution in [0.15, 0.2) is 0 Å². The van der Waals surface area contributed by atoms with Crippen molar-refractivity contribution in [3.8, 4) is 0 Å². The molecule has 78 valence electrons. The van der Waals surface area contributed by atoms with Crippen molar-refractivity contribution in [3.05, 3.63) is 0 Å². The Morgan fingerprint density at radius 1 is 1.46 bits per heavy atom. The highest BCUT2D eigenvalue weighted by molar-refractivity contribution is 4.84. The number of ether oxygens (including phenoxy) is 1. The van der Waals surface area contributed by atoms with Gasteiger partial charge >= 0.3 is 0 Å². The fourth-order valence-electron chi connectivity index (χ4n) is 2.10. The number of rotatable bonds is 4. The predicted octanol–water partition coefficient (Wildman–Crippen LogP) is 2.46. The second-order valence-corrected chi connectivity index (χ2v) is 4.51. The minimum absolute atomic E-state index is 0.0762. The van der Waals surface area contributed by atoms with E-state index in [1.54, 1.807) is 0 Å². The van der Waals surface area contributed by atoms with E-state index in [4.69, 9.17) is 10.5 Å². The average molecular weight is 185 g/mol. The fourth-order valence-corrected chi connectivity index (χ4v) is 2.10. The molecule has 2 unspecified atom stereocenters. The van der Waals surface area contributed by atoms with Gasteiger partial charge in [-0.05, 0) is 26.2 Å². The van der Waals surface area contributed by atoms with Crippen molar-refractivity contribution in [3.63, 3.8) is 0 Å². The highest BCUT2D eigenvalue weighted by atomic mass is 16.5. The maximum atomic E-state index is 5.93. The minimum atomic E-state index is 0.0762. The molecule has 1 aliphatic rings. The SMILES string of the molecule is CCCCCC1(C)CC(N)CCO1. The zero-order chi connectivity index (χ0) is 9.73. The Morgan fingerprint density at radius 2 is 2.23 bits per heavy atom. The van der Waals surface area contributed by atoms with Gasteiger partial charge in [0.1, 0.15) is 0 Å². The van der Waals surface area contributed by atoms with Crippen molar-refractivity contribution >= 4 is 0 Å². The molecule has 1 fully saturated rings. The topological polar surface area (TPSA) is 35.2 Å². The third-order valence-corrected chi connectivity index (χ3v) is 2.94. The lowest BCUT2D eigenvalue weighted by Gasteiger charge is -2.37. The number of hydrogen-bond donors (Lipinski definition) is 1. The van der Waals surface area contributed by atoms with Crippen LogP contribution < -0.4 is 5.73 Å². The van der Waals surface area contributed by atoms with Gasteiger partial charge in [-0.25, -0.2) is 0 Å². The van der Waals surface area contributed by atoms with Crippen LogP contribution in [0.4, 0.5) is 0 Å². The molecule has 0 saturated carbocycles. The van der Waals surface area contributed by atoms with Crippen molar-refractivity contribution in [2.24, 2.45) is 5.73 Å². The van der Waals surface area contributed by atoms with Crippen LogP contribution >= 0.6 is 0 Å². The largest absolute Gasteiger partial charge is 0.375 e. The number of nitrogens with two attached hydrogens (primary N) is 1. The summed E-state index contributed by atoms with van der Waals surface area (Å²) in [4.78, 5) is 0. The van der Waals surface area contributed by atoms with Gasteiger partial charge in [0, 0.05) is 12.6 Å². The maximum absolute atomic E-state index is 5.93. The standard InChI is InChI=1S/C11H23NO/c1-3-4-5-7-11(2)9-10(12)6-8-13-11/h10H,3-9,12H2,1-2H3. The molecular weight excluding hydrogens is 162 g/mol. The third-order valence-electron chi connectivity index (χ3n) is 2.94. The van der Waals surface area contributed by atoms with E-state index in [-0.39, 0.29) is 5.60 Å². The smallest absolute Gasteiger partial charge is 0.0669 e. The predicted molar refractivity (Wildman–Crippen MR) is 55.7 cm³/mol. The molecule has 13 heavy (non-hydrogen) atoms. The van der Waals surface area contributed by atoms with E-state index in [0.29, 0.717) is 6.04 Å². The maximum Gasteiger partial charge on any atom is 0.0669 e. The van der Waals surface area contributed by atoms with Crippen molar-refractivity contribution in [1.29, 1.82) is 0 Å². The van der Waals surface area contributed by atoms with Gasteiger partial charge in [0.2, 0.25) is 0 Å². The molecule has 0 amide bonds. The lowest BCUT2D eigenvalue weighted by Crippen LogP contribution is -2.42. The van der Waals surface area contributed by atoms with Crippen LogP contribution in [0.2, 0.25) is 0 Å². The Labute approximate surface area is 81.8 Å². The quantitative estimate of drug-likeness (QED) is 0.683. The molecule has 2 nitrogen and oxygen atoms in total. The van der Waals surface area contributed by atoms with Crippen molar-refractivity contribution in [2.45, 2.75) is 64.0 Å². The Morgan fingerprint density at radius 3 is 2.85 bits per heavy atom. The zero-order valence-corrected chi connectivity index (χ0v) is 9.01. The van der Waals surface area contributed by atoms with E-state index < -0.39 is 0 Å². The van der Waals surface area contributed by atoms with E-state index in [1.165, 1.54) is 25.7 Å². The van der Waals surface area contributed by atoms with Crippen LogP contribution in [0.1, 0.15) is 52.4 Å². The first kappa shape index (κ1) is 11.0. The lowest BCUT2D eigenvalue weighted by atomic mass is 9.88. The molecule has 2 N–H and O–H groups in total. The molecule has 1 rings (SSSR count). The van der Waals surface area contributed by atoms with Gasteiger partial charge < -0.3 is 10.5 Å². The van der Waals surface area contributed by atoms with Gasteiger partial charge in [-0.15, -0.1) is 0 Å². The molecule has 0 radical (unpaired) electrons. The van der Waals surface area contributed by atoms with E-state index in [1.807, 2.05) is 0 Å². The third kappa shape index (κ3) is 3.65. The van der Waals surface area contributed by atoms with Gasteiger partial charge in [-0.1, -0.05) is 26.2 Å². The second-order valence-electron chi connectivity index (χ2n) is 4.51. The van der Waals surface area contributed by atoms with Gasteiger partial charge in [-0.3, -0.25) is 0 Å². The Bertz CT molecular complexity index is 149. The lowest BCUT2D eigenvalue weighted by molar-refractivity contribution is -0.0774. The van der Waals surface area contributed by atoms with Crippen LogP contribution in [0.25, 0.3) is 0 Å². The summed E-state index contributed by atoms with van der Waals surface area (Å²) < 4.78 is 5.80. The molecule has 1 heterocycles. The van der Waals surface area contributed by atoms with Crippen LogP contribution in [-0.4, -0.2) is 18.2 Å². The number of unbranched alkanes of at least 4 members (excludes halogenated alkanes) is 2. The molecule has 2 heteroatoms. The van der Waals surface area contributed by atoms with Crippen LogP contribution in [0.3, 0.4) is 0 Å². The van der Waals surface area contributed by atoms with Crippen LogP contribution in [0.5, 0.6) is 0 Å². The van der Waals surface area contributed by atoms with Crippen LogP contribution in [-0.2, 0) is 4.74 Å². The van der Waals surface area contributed by atoms with E-state index >= 15 is 0 Å². The van der Waals surface area contributed by atoms with Gasteiger partial charge in [-0.2, -0.15) is 0 Å². The van der Waals surface area contributed by atoms with Crippen molar-refractivity contribution < 1.29 is 4.74 Å². The second kappa shape index (κ2) is 4.97. The first-order valence-electron chi connectivity index (χ1n) is 5.56. The number of hydrogen-bond acceptors (Lipinski definition) is 2. The molecule has 1 aliphatic heterocycles. The summed E-state index contributed by atoms with van der Waals surface area (Å²) in [7, 11) is 0. The average Bonchev–Trinajstić information content (AvgIpc) is 2.04. The Hall–Kier alpha value is -0.0800. The highest BCUT2D eigenvalue weighted by Crippen LogP contribution is 2.29. The molecule has 0 aromatic carbocycles. The monoisotopic (exact) mass is 185 g/mol. The Balaban J connectivity index is 2.27. The Kier molecular flexibility index (Phi) is 4.20. The zero-order valence-electron chi connectivity index (χ0n) is 9.01. The van der Waals surface area contributed by atoms with Gasteiger partial charge in [0.15, 0.2) is 0 Å². The van der Waals surface area contributed by atoms with E-state index in [9.17, 15) is 0 Å². The van der Waals surface area contributed by atoms with Crippen molar-refractivity contribution in [1.82, 2.24) is 0 Å². The summed E-state index contributed by atoms with van der Waals surface area (Å²) in [5.74, 6) is 0. The molecule has 0 bridgehead atoms. The normalized spacial score (nSPS) is 34.8. The summed E-state index contributed by atoms with van der Waals surface area (Å²) in [6.07, 6.45) is 7.12. The first-order chi connectivity index (χ1) is 6.16. The highest BCUT2D eigenvalue weighted by Gasteiger charge is 2.30. The molecular formula is C11H23NO. The molecule has 0 aromatic rings. The summed E-state index contributed by atoms with van der Waals surface area (Å²) in [6, 6.07) is 0.361. The molecule has 1 saturated heterocycles. The van der Waals surface area contributed by atoms with Crippen molar-refractivity contribution in [2.75, 3.05) is 6.61 Å². The van der Waals surface area contributed by atoms with E-state index in [0.717, 1.165) is 19.4 Å². The van der Waals surface area contributed by atoms with Crippen LogP contribution in [0, 0.1) is 0 Å². The van der Waals surface area contributed by atoms with E-state index in [2.05, 4.69) is 13.8 Å². The van der Waals surface area contributed by atoms with Gasteiger partial charge in [0.25, 0.3) is 0 Å². The molecule has 2 atom stereocenters. The first-order valence-corrected chi connectivity index (χ1v) is 5.56. The molecule has 0 aliphatic carbocycles. The van der Waals surface area contributed by atoms with Gasteiger partial charge in [0.05, 0.1) is 5.60 Å². The summed E-state index contributed by atoms with van der Waals surface area (Å²) >= 11 is 0. The summed E-state index contributed by atoms with van der Waals surface area (Å²) in [5, 5.41) is 0.